The molecule has 3 heteroatoms. The maximum Gasteiger partial charge on any atom is 0.344 e. The molecule has 1 heterocycles. The molecule has 3 aromatic carbocycles. The topological polar surface area (TPSA) is 39.4 Å². The highest BCUT2D eigenvalue weighted by Crippen LogP contribution is 2.29. The first-order valence-electron chi connectivity index (χ1n) is 9.52. The van der Waals surface area contributed by atoms with Crippen molar-refractivity contribution in [2.75, 3.05) is 0 Å². The van der Waals surface area contributed by atoms with Crippen molar-refractivity contribution in [2.24, 2.45) is 0 Å². The quantitative estimate of drug-likeness (QED) is 0.324. The molecule has 3 nitrogen and oxygen atoms in total. The second kappa shape index (κ2) is 6.83. The Morgan fingerprint density at radius 2 is 1.36 bits per heavy atom. The highest BCUT2D eigenvalue weighted by Gasteiger charge is 2.13. The van der Waals surface area contributed by atoms with E-state index in [1.165, 1.54) is 33.4 Å². The predicted molar refractivity (Wildman–Crippen MR) is 114 cm³/mol. The molecule has 0 unspecified atom stereocenters. The van der Waals surface area contributed by atoms with Crippen LogP contribution in [0.3, 0.4) is 0 Å². The van der Waals surface area contributed by atoms with Gasteiger partial charge in [-0.05, 0) is 91.6 Å². The molecule has 0 atom stereocenters. The van der Waals surface area contributed by atoms with Crippen molar-refractivity contribution < 1.29 is 9.15 Å². The maximum absolute atomic E-state index is 12.3. The number of fused-ring (bicyclic) bond motifs is 3. The fourth-order valence-corrected chi connectivity index (χ4v) is 3.90. The number of hydrogen-bond acceptors (Lipinski definition) is 3. The summed E-state index contributed by atoms with van der Waals surface area (Å²) in [5, 5.41) is 2.41. The summed E-state index contributed by atoms with van der Waals surface area (Å²) in [7, 11) is 0. The molecular formula is C25H24O3. The van der Waals surface area contributed by atoms with Crippen LogP contribution in [0.15, 0.2) is 51.7 Å². The largest absolute Gasteiger partial charge is 0.489 e. The zero-order valence-electron chi connectivity index (χ0n) is 17.0. The monoisotopic (exact) mass is 372 g/mol. The Kier molecular flexibility index (Phi) is 4.46. The summed E-state index contributed by atoms with van der Waals surface area (Å²) >= 11 is 0. The van der Waals surface area contributed by atoms with Gasteiger partial charge >= 0.3 is 5.63 Å². The van der Waals surface area contributed by atoms with Crippen LogP contribution in [0, 0.1) is 34.6 Å². The van der Waals surface area contributed by atoms with Crippen LogP contribution < -0.4 is 10.4 Å². The molecule has 0 radical (unpaired) electrons. The minimum atomic E-state index is -0.322. The van der Waals surface area contributed by atoms with Gasteiger partial charge < -0.3 is 9.15 Å². The van der Waals surface area contributed by atoms with Crippen LogP contribution in [0.4, 0.5) is 0 Å². The summed E-state index contributed by atoms with van der Waals surface area (Å²) in [5.74, 6) is 0.695. The molecule has 4 aromatic rings. The zero-order chi connectivity index (χ0) is 20.0. The lowest BCUT2D eigenvalue weighted by molar-refractivity contribution is 0.304. The first-order chi connectivity index (χ1) is 13.4. The lowest BCUT2D eigenvalue weighted by atomic mass is 9.90. The molecule has 4 rings (SSSR count). The third-order valence-corrected chi connectivity index (χ3v) is 6.13. The van der Waals surface area contributed by atoms with E-state index in [4.69, 9.17) is 9.15 Å². The van der Waals surface area contributed by atoms with Gasteiger partial charge in [0.05, 0.1) is 5.39 Å². The first-order valence-corrected chi connectivity index (χ1v) is 9.52. The highest BCUT2D eigenvalue weighted by atomic mass is 16.5. The fourth-order valence-electron chi connectivity index (χ4n) is 3.90. The summed E-state index contributed by atoms with van der Waals surface area (Å²) in [5.41, 5.74) is 7.98. The molecule has 0 fully saturated rings. The molecule has 0 N–H and O–H groups in total. The maximum atomic E-state index is 12.3. The van der Waals surface area contributed by atoms with Gasteiger partial charge in [-0.2, -0.15) is 0 Å². The van der Waals surface area contributed by atoms with Crippen molar-refractivity contribution in [3.05, 3.63) is 86.3 Å². The molecule has 0 saturated heterocycles. The van der Waals surface area contributed by atoms with Gasteiger partial charge in [-0.15, -0.1) is 0 Å². The van der Waals surface area contributed by atoms with Crippen LogP contribution in [0.2, 0.25) is 0 Å². The molecule has 0 spiro atoms. The third-order valence-electron chi connectivity index (χ3n) is 6.13. The van der Waals surface area contributed by atoms with E-state index in [1.54, 1.807) is 6.07 Å². The summed E-state index contributed by atoms with van der Waals surface area (Å²) in [4.78, 5) is 12.3. The van der Waals surface area contributed by atoms with Gasteiger partial charge in [0.1, 0.15) is 17.9 Å². The Morgan fingerprint density at radius 1 is 0.750 bits per heavy atom. The minimum absolute atomic E-state index is 0.322. The Hall–Kier alpha value is -3.07. The van der Waals surface area contributed by atoms with E-state index in [-0.39, 0.29) is 5.63 Å². The van der Waals surface area contributed by atoms with Crippen LogP contribution in [0.5, 0.6) is 5.75 Å². The van der Waals surface area contributed by atoms with E-state index < -0.39 is 0 Å². The normalized spacial score (nSPS) is 11.3. The minimum Gasteiger partial charge on any atom is -0.489 e. The molecule has 142 valence electrons. The van der Waals surface area contributed by atoms with Crippen LogP contribution in [-0.4, -0.2) is 0 Å². The number of rotatable bonds is 3. The lowest BCUT2D eigenvalue weighted by Gasteiger charge is -2.19. The molecule has 1 aromatic heterocycles. The second-order valence-electron chi connectivity index (χ2n) is 7.49. The smallest absolute Gasteiger partial charge is 0.344 e. The Balaban J connectivity index is 1.72. The van der Waals surface area contributed by atoms with Gasteiger partial charge in [-0.3, -0.25) is 0 Å². The third kappa shape index (κ3) is 2.88. The SMILES string of the molecule is Cc1c(C)c(C)c(COc2ccc3c(c2)oc(=O)c2ccccc23)c(C)c1C. The van der Waals surface area contributed by atoms with Gasteiger partial charge in [0, 0.05) is 11.5 Å². The molecule has 0 aliphatic rings. The number of benzene rings is 3. The summed E-state index contributed by atoms with van der Waals surface area (Å²) < 4.78 is 11.6. The summed E-state index contributed by atoms with van der Waals surface area (Å²) in [6.45, 7) is 11.3. The van der Waals surface area contributed by atoms with Gasteiger partial charge in [0.2, 0.25) is 0 Å². The van der Waals surface area contributed by atoms with Crippen LogP contribution in [-0.2, 0) is 6.61 Å². The van der Waals surface area contributed by atoms with Gasteiger partial charge in [0.25, 0.3) is 0 Å². The van der Waals surface area contributed by atoms with Crippen LogP contribution >= 0.6 is 0 Å². The van der Waals surface area contributed by atoms with Crippen LogP contribution in [0.1, 0.15) is 33.4 Å². The number of hydrogen-bond donors (Lipinski definition) is 0. The van der Waals surface area contributed by atoms with E-state index in [0.29, 0.717) is 23.3 Å². The van der Waals surface area contributed by atoms with Crippen LogP contribution in [0.25, 0.3) is 21.7 Å². The molecule has 0 bridgehead atoms. The molecule has 0 aliphatic carbocycles. The zero-order valence-corrected chi connectivity index (χ0v) is 17.0. The van der Waals surface area contributed by atoms with Crippen molar-refractivity contribution in [3.63, 3.8) is 0 Å². The van der Waals surface area contributed by atoms with E-state index in [2.05, 4.69) is 34.6 Å². The van der Waals surface area contributed by atoms with E-state index in [9.17, 15) is 4.79 Å². The van der Waals surface area contributed by atoms with E-state index in [1.807, 2.05) is 36.4 Å². The number of ether oxygens (including phenoxy) is 1. The average molecular weight is 372 g/mol. The van der Waals surface area contributed by atoms with Crippen molar-refractivity contribution in [3.8, 4) is 5.75 Å². The van der Waals surface area contributed by atoms with Crippen molar-refractivity contribution in [1.82, 2.24) is 0 Å². The first kappa shape index (κ1) is 18.3. The molecule has 0 aliphatic heterocycles. The predicted octanol–water partition coefficient (Wildman–Crippen LogP) is 6.07. The Morgan fingerprint density at radius 3 is 2.04 bits per heavy atom. The Bertz CT molecular complexity index is 1250. The van der Waals surface area contributed by atoms with Crippen molar-refractivity contribution >= 4 is 21.7 Å². The Labute approximate surface area is 164 Å². The highest BCUT2D eigenvalue weighted by molar-refractivity contribution is 6.04. The fraction of sp³-hybridized carbons (Fsp3) is 0.240. The molecule has 0 saturated carbocycles. The standard InChI is InChI=1S/C25H24O3/c1-14-15(2)17(4)23(18(5)16(14)3)13-27-19-10-11-21-20-8-6-7-9-22(20)25(26)28-24(21)12-19/h6-12H,13H2,1-5H3. The summed E-state index contributed by atoms with van der Waals surface area (Å²) in [6.07, 6.45) is 0. The van der Waals surface area contributed by atoms with Gasteiger partial charge in [0.15, 0.2) is 0 Å². The molecule has 28 heavy (non-hydrogen) atoms. The summed E-state index contributed by atoms with van der Waals surface area (Å²) in [6, 6.07) is 13.2. The lowest BCUT2D eigenvalue weighted by Crippen LogP contribution is -2.06. The second-order valence-corrected chi connectivity index (χ2v) is 7.49. The van der Waals surface area contributed by atoms with E-state index >= 15 is 0 Å². The molecular weight excluding hydrogens is 348 g/mol. The van der Waals surface area contributed by atoms with Gasteiger partial charge in [-0.25, -0.2) is 4.79 Å². The van der Waals surface area contributed by atoms with Crippen molar-refractivity contribution in [2.45, 2.75) is 41.2 Å². The molecule has 0 amide bonds. The van der Waals surface area contributed by atoms with E-state index in [0.717, 1.165) is 10.8 Å². The average Bonchev–Trinajstić information content (AvgIpc) is 2.71. The van der Waals surface area contributed by atoms with Gasteiger partial charge in [-0.1, -0.05) is 18.2 Å². The van der Waals surface area contributed by atoms with Crippen molar-refractivity contribution in [1.29, 1.82) is 0 Å².